The zero-order valence-corrected chi connectivity index (χ0v) is 11.7. The summed E-state index contributed by atoms with van der Waals surface area (Å²) in [4.78, 5) is 23.3. The first-order valence-electron chi connectivity index (χ1n) is 6.31. The van der Waals surface area contributed by atoms with E-state index in [1.54, 1.807) is 18.2 Å². The van der Waals surface area contributed by atoms with Gasteiger partial charge in [-0.15, -0.1) is 0 Å². The Balaban J connectivity index is 1.92. The van der Waals surface area contributed by atoms with Gasteiger partial charge in [0.25, 0.3) is 0 Å². The van der Waals surface area contributed by atoms with Gasteiger partial charge in [-0.3, -0.25) is 9.59 Å². The number of nitrogens with zero attached hydrogens (tertiary/aromatic N) is 1. The topological polar surface area (TPSA) is 83.7 Å². The van der Waals surface area contributed by atoms with Gasteiger partial charge in [0.1, 0.15) is 5.76 Å². The number of benzene rings is 1. The fraction of sp³-hybridized carbons (Fsp3) is 0.133. The number of carbonyl (C=O) groups is 2. The van der Waals surface area contributed by atoms with Crippen molar-refractivity contribution in [2.45, 2.75) is 13.8 Å². The van der Waals surface area contributed by atoms with Crippen LogP contribution in [-0.2, 0) is 9.59 Å². The van der Waals surface area contributed by atoms with Crippen LogP contribution in [0.25, 0.3) is 0 Å². The van der Waals surface area contributed by atoms with Crippen LogP contribution in [0.2, 0.25) is 0 Å². The Bertz CT molecular complexity index is 675. The average molecular weight is 285 g/mol. The predicted molar refractivity (Wildman–Crippen MR) is 79.0 cm³/mol. The van der Waals surface area contributed by atoms with E-state index in [1.807, 2.05) is 26.0 Å². The summed E-state index contributed by atoms with van der Waals surface area (Å²) in [6.45, 7) is 3.81. The van der Waals surface area contributed by atoms with Crippen LogP contribution in [0, 0.1) is 13.8 Å². The highest BCUT2D eigenvalue weighted by Crippen LogP contribution is 2.15. The Morgan fingerprint density at radius 1 is 1.19 bits per heavy atom. The summed E-state index contributed by atoms with van der Waals surface area (Å²) in [6.07, 6.45) is 2.79. The van der Waals surface area contributed by atoms with Crippen LogP contribution in [0.4, 0.5) is 5.69 Å². The first-order valence-corrected chi connectivity index (χ1v) is 6.31. The number of amides is 2. The van der Waals surface area contributed by atoms with E-state index in [2.05, 4.69) is 15.8 Å². The molecule has 1 aromatic carbocycles. The quantitative estimate of drug-likeness (QED) is 0.514. The number of nitrogens with one attached hydrogen (secondary N) is 2. The lowest BCUT2D eigenvalue weighted by molar-refractivity contribution is -0.136. The van der Waals surface area contributed by atoms with Crippen molar-refractivity contribution >= 4 is 23.7 Å². The molecule has 6 nitrogen and oxygen atoms in total. The number of anilines is 1. The number of hydrogen-bond acceptors (Lipinski definition) is 4. The molecule has 0 saturated heterocycles. The van der Waals surface area contributed by atoms with E-state index in [-0.39, 0.29) is 0 Å². The lowest BCUT2D eigenvalue weighted by atomic mass is 10.1. The summed E-state index contributed by atoms with van der Waals surface area (Å²) in [6, 6.07) is 8.89. The van der Waals surface area contributed by atoms with E-state index in [1.165, 1.54) is 12.5 Å². The minimum Gasteiger partial charge on any atom is -0.463 e. The SMILES string of the molecule is Cc1ccc(NC(=O)C(=O)N/N=C\c2ccco2)c(C)c1. The highest BCUT2D eigenvalue weighted by molar-refractivity contribution is 6.39. The number of furan rings is 1. The van der Waals surface area contributed by atoms with Gasteiger partial charge in [-0.1, -0.05) is 17.7 Å². The number of rotatable bonds is 3. The number of hydrogen-bond donors (Lipinski definition) is 2. The third-order valence-electron chi connectivity index (χ3n) is 2.74. The van der Waals surface area contributed by atoms with Gasteiger partial charge >= 0.3 is 11.8 Å². The molecule has 0 bridgehead atoms. The van der Waals surface area contributed by atoms with Crippen molar-refractivity contribution in [3.05, 3.63) is 53.5 Å². The van der Waals surface area contributed by atoms with Crippen molar-refractivity contribution < 1.29 is 14.0 Å². The maximum absolute atomic E-state index is 11.7. The zero-order chi connectivity index (χ0) is 15.2. The normalized spacial score (nSPS) is 10.6. The molecule has 108 valence electrons. The second-order valence-corrected chi connectivity index (χ2v) is 4.49. The Morgan fingerprint density at radius 2 is 2.00 bits per heavy atom. The fourth-order valence-electron chi connectivity index (χ4n) is 1.70. The van der Waals surface area contributed by atoms with Gasteiger partial charge in [0.05, 0.1) is 12.5 Å². The van der Waals surface area contributed by atoms with Crippen molar-refractivity contribution in [3.8, 4) is 0 Å². The van der Waals surface area contributed by atoms with Crippen molar-refractivity contribution in [2.75, 3.05) is 5.32 Å². The molecule has 0 aliphatic carbocycles. The third-order valence-corrected chi connectivity index (χ3v) is 2.74. The lowest BCUT2D eigenvalue weighted by Gasteiger charge is -2.07. The largest absolute Gasteiger partial charge is 0.463 e. The van der Waals surface area contributed by atoms with Gasteiger partial charge in [-0.2, -0.15) is 5.10 Å². The molecule has 0 aliphatic rings. The van der Waals surface area contributed by atoms with Crippen LogP contribution in [0.3, 0.4) is 0 Å². The highest BCUT2D eigenvalue weighted by atomic mass is 16.3. The van der Waals surface area contributed by atoms with Crippen LogP contribution in [0.5, 0.6) is 0 Å². The smallest absolute Gasteiger partial charge is 0.329 e. The molecule has 0 spiro atoms. The average Bonchev–Trinajstić information content (AvgIpc) is 2.95. The van der Waals surface area contributed by atoms with E-state index in [0.29, 0.717) is 11.4 Å². The minimum absolute atomic E-state index is 0.477. The first kappa shape index (κ1) is 14.5. The van der Waals surface area contributed by atoms with Gasteiger partial charge in [-0.25, -0.2) is 5.43 Å². The first-order chi connectivity index (χ1) is 10.1. The fourth-order valence-corrected chi connectivity index (χ4v) is 1.70. The van der Waals surface area contributed by atoms with Crippen LogP contribution in [0.1, 0.15) is 16.9 Å². The Hall–Kier alpha value is -2.89. The summed E-state index contributed by atoms with van der Waals surface area (Å²) >= 11 is 0. The molecule has 0 unspecified atom stereocenters. The third kappa shape index (κ3) is 4.04. The van der Waals surface area contributed by atoms with Gasteiger partial charge in [0.15, 0.2) is 0 Å². The maximum atomic E-state index is 11.7. The zero-order valence-electron chi connectivity index (χ0n) is 11.7. The Morgan fingerprint density at radius 3 is 2.67 bits per heavy atom. The van der Waals surface area contributed by atoms with Gasteiger partial charge in [0.2, 0.25) is 0 Å². The van der Waals surface area contributed by atoms with Crippen molar-refractivity contribution in [3.63, 3.8) is 0 Å². The monoisotopic (exact) mass is 285 g/mol. The van der Waals surface area contributed by atoms with Crippen LogP contribution in [0.15, 0.2) is 46.1 Å². The molecule has 2 amide bonds. The van der Waals surface area contributed by atoms with Gasteiger partial charge in [0, 0.05) is 5.69 Å². The summed E-state index contributed by atoms with van der Waals surface area (Å²) in [7, 11) is 0. The molecular weight excluding hydrogens is 270 g/mol. The summed E-state index contributed by atoms with van der Waals surface area (Å²) in [5, 5.41) is 6.17. The molecule has 0 atom stereocenters. The number of aryl methyl sites for hydroxylation is 2. The van der Waals surface area contributed by atoms with E-state index in [0.717, 1.165) is 11.1 Å². The number of carbonyl (C=O) groups excluding carboxylic acids is 2. The minimum atomic E-state index is -0.849. The van der Waals surface area contributed by atoms with E-state index in [4.69, 9.17) is 4.42 Å². The predicted octanol–water partition coefficient (Wildman–Crippen LogP) is 1.99. The lowest BCUT2D eigenvalue weighted by Crippen LogP contribution is -2.32. The van der Waals surface area contributed by atoms with Crippen molar-refractivity contribution in [2.24, 2.45) is 5.10 Å². The number of hydrazone groups is 1. The van der Waals surface area contributed by atoms with E-state index >= 15 is 0 Å². The highest BCUT2D eigenvalue weighted by Gasteiger charge is 2.13. The Kier molecular flexibility index (Phi) is 4.50. The molecule has 21 heavy (non-hydrogen) atoms. The molecule has 2 rings (SSSR count). The molecule has 2 aromatic rings. The van der Waals surface area contributed by atoms with Crippen molar-refractivity contribution in [1.29, 1.82) is 0 Å². The molecule has 2 N–H and O–H groups in total. The molecule has 1 heterocycles. The maximum Gasteiger partial charge on any atom is 0.329 e. The summed E-state index contributed by atoms with van der Waals surface area (Å²) in [5.41, 5.74) is 4.69. The van der Waals surface area contributed by atoms with E-state index < -0.39 is 11.8 Å². The molecule has 0 saturated carbocycles. The second kappa shape index (κ2) is 6.51. The summed E-state index contributed by atoms with van der Waals surface area (Å²) < 4.78 is 5.00. The van der Waals surface area contributed by atoms with Gasteiger partial charge in [-0.05, 0) is 37.6 Å². The Labute approximate surface area is 121 Å². The molecule has 6 heteroatoms. The molecule has 0 radical (unpaired) electrons. The van der Waals surface area contributed by atoms with Gasteiger partial charge < -0.3 is 9.73 Å². The van der Waals surface area contributed by atoms with Crippen LogP contribution in [-0.4, -0.2) is 18.0 Å². The standard InChI is InChI=1S/C15H15N3O3/c1-10-5-6-13(11(2)8-10)17-14(19)15(20)18-16-9-12-4-3-7-21-12/h3-9H,1-2H3,(H,17,19)(H,18,20)/b16-9-. The van der Waals surface area contributed by atoms with Crippen LogP contribution < -0.4 is 10.7 Å². The van der Waals surface area contributed by atoms with E-state index in [9.17, 15) is 9.59 Å². The van der Waals surface area contributed by atoms with Crippen LogP contribution >= 0.6 is 0 Å². The summed E-state index contributed by atoms with van der Waals surface area (Å²) in [5.74, 6) is -1.15. The molecule has 0 fully saturated rings. The molecular formula is C15H15N3O3. The molecule has 0 aliphatic heterocycles. The second-order valence-electron chi connectivity index (χ2n) is 4.49. The van der Waals surface area contributed by atoms with Crippen molar-refractivity contribution in [1.82, 2.24) is 5.43 Å². The molecule has 1 aromatic heterocycles.